The lowest BCUT2D eigenvalue weighted by atomic mass is 10.1. The molecule has 2 aromatic carbocycles. The van der Waals surface area contributed by atoms with E-state index in [9.17, 15) is 28.3 Å². The number of aliphatic hydroxyl groups excluding tert-OH is 1. The molecule has 1 aliphatic heterocycles. The van der Waals surface area contributed by atoms with Crippen LogP contribution in [0.1, 0.15) is 22.5 Å². The van der Waals surface area contributed by atoms with Crippen molar-refractivity contribution in [3.05, 3.63) is 86.7 Å². The molecule has 1 aliphatic rings. The van der Waals surface area contributed by atoms with Gasteiger partial charge in [-0.05, 0) is 35.9 Å². The Balaban J connectivity index is 1.59. The number of aromatic nitrogens is 3. The zero-order valence-electron chi connectivity index (χ0n) is 17.5. The van der Waals surface area contributed by atoms with Gasteiger partial charge in [-0.15, -0.1) is 0 Å². The molecule has 0 spiro atoms. The van der Waals surface area contributed by atoms with Crippen LogP contribution in [-0.4, -0.2) is 43.5 Å². The zero-order chi connectivity index (χ0) is 25.3. The maximum atomic E-state index is 13.7. The quantitative estimate of drug-likeness (QED) is 0.468. The Kier molecular flexibility index (Phi) is 6.90. The van der Waals surface area contributed by atoms with Crippen LogP contribution in [0.4, 0.5) is 8.78 Å². The number of ether oxygens (including phenoxy) is 2. The summed E-state index contributed by atoms with van der Waals surface area (Å²) in [5.41, 5.74) is -4.09. The largest absolute Gasteiger partial charge is 0.462 e. The molecule has 10 nitrogen and oxygen atoms in total. The molecule has 1 saturated heterocycles. The number of hydrogen-bond donors (Lipinski definition) is 2. The average Bonchev–Trinajstić information content (AvgIpc) is 3.16. The highest BCUT2D eigenvalue weighted by Gasteiger charge is 2.38. The lowest BCUT2D eigenvalue weighted by Gasteiger charge is -2.17. The van der Waals surface area contributed by atoms with Gasteiger partial charge in [-0.3, -0.25) is 9.59 Å². The molecule has 3 atom stereocenters. The molecular weight excluding hydrogens is 513 g/mol. The third-order valence-corrected chi connectivity index (χ3v) is 5.46. The van der Waals surface area contributed by atoms with Crippen molar-refractivity contribution < 1.29 is 28.2 Å². The summed E-state index contributed by atoms with van der Waals surface area (Å²) >= 11 is 10.5. The van der Waals surface area contributed by atoms with E-state index in [1.54, 1.807) is 30.3 Å². The van der Waals surface area contributed by atoms with Gasteiger partial charge in [0.2, 0.25) is 12.0 Å². The lowest BCUT2D eigenvalue weighted by molar-refractivity contribution is -0.153. The topological polar surface area (TPSA) is 125 Å². The number of nitrogens with zero attached hydrogens (tertiary/aromatic N) is 3. The van der Waals surface area contributed by atoms with E-state index in [-0.39, 0.29) is 21.9 Å². The minimum atomic E-state index is -4.21. The van der Waals surface area contributed by atoms with Gasteiger partial charge in [0.15, 0.2) is 6.29 Å². The lowest BCUT2D eigenvalue weighted by Crippen LogP contribution is -2.41. The van der Waals surface area contributed by atoms with E-state index in [4.69, 9.17) is 32.9 Å². The molecule has 14 heteroatoms. The highest BCUT2D eigenvalue weighted by atomic mass is 35.5. The number of aliphatic hydroxyl groups is 1. The smallest absolute Gasteiger partial charge is 0.372 e. The predicted molar refractivity (Wildman–Crippen MR) is 119 cm³/mol. The minimum absolute atomic E-state index is 0.0103. The third-order valence-electron chi connectivity index (χ3n) is 4.98. The summed E-state index contributed by atoms with van der Waals surface area (Å²) in [7, 11) is 0. The molecule has 1 amide bonds. The van der Waals surface area contributed by atoms with Crippen molar-refractivity contribution in [2.24, 2.45) is 0 Å². The molecule has 184 valence electrons. The number of rotatable bonds is 6. The van der Waals surface area contributed by atoms with Gasteiger partial charge in [0.05, 0.1) is 6.04 Å². The van der Waals surface area contributed by atoms with Gasteiger partial charge in [-0.25, -0.2) is 4.79 Å². The Hall–Kier alpha value is -3.32. The SMILES string of the molecule is O=C(N[C@H]1C[C@@H](Oc2ccccc2-n2nc(C(F)(F)Cl)c(=O)n(Cl)c2=O)O[C@@H]1O)c1ccccc1. The number of amides is 1. The predicted octanol–water partition coefficient (Wildman–Crippen LogP) is 1.93. The number of carbonyl (C=O) groups excluding carboxylic acids is 1. The number of para-hydroxylation sites is 2. The second-order valence-electron chi connectivity index (χ2n) is 7.35. The third kappa shape index (κ3) is 5.20. The van der Waals surface area contributed by atoms with Crippen LogP contribution in [-0.2, 0) is 10.1 Å². The first-order valence-electron chi connectivity index (χ1n) is 10.0. The molecule has 3 aromatic rings. The van der Waals surface area contributed by atoms with Crippen LogP contribution in [0.15, 0.2) is 64.2 Å². The van der Waals surface area contributed by atoms with Gasteiger partial charge < -0.3 is 19.9 Å². The fourth-order valence-electron chi connectivity index (χ4n) is 3.33. The van der Waals surface area contributed by atoms with Crippen LogP contribution < -0.4 is 21.3 Å². The molecular formula is C21H16Cl2F2N4O6. The van der Waals surface area contributed by atoms with Gasteiger partial charge in [-0.1, -0.05) is 30.3 Å². The Labute approximate surface area is 205 Å². The van der Waals surface area contributed by atoms with E-state index in [1.165, 1.54) is 24.3 Å². The second-order valence-corrected chi connectivity index (χ2v) is 8.16. The maximum Gasteiger partial charge on any atom is 0.372 e. The van der Waals surface area contributed by atoms with E-state index in [0.717, 1.165) is 0 Å². The van der Waals surface area contributed by atoms with Gasteiger partial charge in [-0.2, -0.15) is 22.6 Å². The van der Waals surface area contributed by atoms with Gasteiger partial charge in [0.1, 0.15) is 11.4 Å². The average molecular weight is 529 g/mol. The number of hydrogen-bond acceptors (Lipinski definition) is 7. The Morgan fingerprint density at radius 1 is 1.17 bits per heavy atom. The first-order chi connectivity index (χ1) is 16.6. The Morgan fingerprint density at radius 3 is 2.51 bits per heavy atom. The molecule has 35 heavy (non-hydrogen) atoms. The van der Waals surface area contributed by atoms with E-state index in [0.29, 0.717) is 10.2 Å². The van der Waals surface area contributed by atoms with Crippen molar-refractivity contribution in [3.63, 3.8) is 0 Å². The monoisotopic (exact) mass is 528 g/mol. The summed E-state index contributed by atoms with van der Waals surface area (Å²) in [6.07, 6.45) is -2.50. The van der Waals surface area contributed by atoms with Crippen LogP contribution in [0.2, 0.25) is 0 Å². The summed E-state index contributed by atoms with van der Waals surface area (Å²) < 4.78 is 38.7. The Morgan fingerprint density at radius 2 is 1.83 bits per heavy atom. The van der Waals surface area contributed by atoms with Crippen molar-refractivity contribution in [2.75, 3.05) is 0 Å². The number of benzene rings is 2. The van der Waals surface area contributed by atoms with E-state index >= 15 is 0 Å². The normalized spacial score (nSPS) is 20.0. The number of alkyl halides is 3. The molecule has 0 unspecified atom stereocenters. The summed E-state index contributed by atoms with van der Waals surface area (Å²) in [5.74, 6) is -0.512. The minimum Gasteiger partial charge on any atom is -0.462 e. The highest BCUT2D eigenvalue weighted by Crippen LogP contribution is 2.30. The Bertz CT molecular complexity index is 1360. The van der Waals surface area contributed by atoms with Crippen molar-refractivity contribution in [3.8, 4) is 11.4 Å². The fraction of sp³-hybridized carbons (Fsp3) is 0.238. The van der Waals surface area contributed by atoms with Crippen LogP contribution >= 0.6 is 23.4 Å². The zero-order valence-corrected chi connectivity index (χ0v) is 19.0. The van der Waals surface area contributed by atoms with Crippen LogP contribution in [0.25, 0.3) is 5.69 Å². The molecule has 2 heterocycles. The maximum absolute atomic E-state index is 13.7. The van der Waals surface area contributed by atoms with Gasteiger partial charge in [0, 0.05) is 23.8 Å². The van der Waals surface area contributed by atoms with E-state index in [2.05, 4.69) is 10.4 Å². The van der Waals surface area contributed by atoms with Crippen molar-refractivity contribution in [1.82, 2.24) is 19.2 Å². The number of carbonyl (C=O) groups is 1. The van der Waals surface area contributed by atoms with Crippen LogP contribution in [0.5, 0.6) is 5.75 Å². The number of nitrogens with one attached hydrogen (secondary N) is 1. The van der Waals surface area contributed by atoms with Crippen molar-refractivity contribution >= 4 is 29.3 Å². The summed E-state index contributed by atoms with van der Waals surface area (Å²) in [6, 6.07) is 13.1. The molecule has 1 fully saturated rings. The molecule has 0 radical (unpaired) electrons. The van der Waals surface area contributed by atoms with Gasteiger partial charge >= 0.3 is 16.6 Å². The standard InChI is InChI=1S/C21H16Cl2F2N4O6/c22-21(24,25)16-18(31)28(23)20(33)29(27-16)13-8-4-5-9-14(13)34-15-10-12(19(32)35-15)26-17(30)11-6-2-1-3-7-11/h1-9,12,15,19,32H,10H2,(H,26,30)/t12-,15-,19-/m0/s1. The molecule has 0 aliphatic carbocycles. The summed E-state index contributed by atoms with van der Waals surface area (Å²) in [4.78, 5) is 36.8. The molecule has 0 saturated carbocycles. The molecule has 1 aromatic heterocycles. The first-order valence-corrected chi connectivity index (χ1v) is 10.7. The van der Waals surface area contributed by atoms with Crippen LogP contribution in [0.3, 0.4) is 0 Å². The molecule has 0 bridgehead atoms. The van der Waals surface area contributed by atoms with Crippen molar-refractivity contribution in [2.45, 2.75) is 30.4 Å². The molecule has 2 N–H and O–H groups in total. The fourth-order valence-corrected chi connectivity index (χ4v) is 3.60. The van der Waals surface area contributed by atoms with Crippen LogP contribution in [0, 0.1) is 0 Å². The van der Waals surface area contributed by atoms with E-state index < -0.39 is 46.9 Å². The highest BCUT2D eigenvalue weighted by molar-refractivity contribution is 6.21. The van der Waals surface area contributed by atoms with Crippen molar-refractivity contribution in [1.29, 1.82) is 0 Å². The summed E-state index contributed by atoms with van der Waals surface area (Å²) in [6.45, 7) is 0. The first kappa shape index (κ1) is 24.8. The summed E-state index contributed by atoms with van der Waals surface area (Å²) in [5, 5.41) is 12.0. The molecule has 4 rings (SSSR count). The number of halogens is 4. The van der Waals surface area contributed by atoms with E-state index in [1.807, 2.05) is 0 Å². The van der Waals surface area contributed by atoms with Gasteiger partial charge in [0.25, 0.3) is 5.91 Å². The second kappa shape index (κ2) is 9.74.